The average molecular weight is 371 g/mol. The van der Waals surface area contributed by atoms with Gasteiger partial charge in [0.15, 0.2) is 0 Å². The van der Waals surface area contributed by atoms with Gasteiger partial charge in [0.25, 0.3) is 17.3 Å². The minimum Gasteiger partial charge on any atom is -0.867 e. The predicted octanol–water partition coefficient (Wildman–Crippen LogP) is 3.14. The highest BCUT2D eigenvalue weighted by molar-refractivity contribution is 6.36. The van der Waals surface area contributed by atoms with Crippen LogP contribution >= 0.6 is 23.2 Å². The molecule has 0 spiro atoms. The van der Waals surface area contributed by atoms with Crippen LogP contribution in [0.4, 0.5) is 17.1 Å². The fourth-order valence-electron chi connectivity index (χ4n) is 1.79. The minimum absolute atomic E-state index is 0.0585. The van der Waals surface area contributed by atoms with Gasteiger partial charge in [0.1, 0.15) is 0 Å². The number of benzene rings is 2. The third kappa shape index (κ3) is 3.53. The summed E-state index contributed by atoms with van der Waals surface area (Å²) in [7, 11) is 0. The second kappa shape index (κ2) is 6.69. The second-order valence-corrected chi connectivity index (χ2v) is 5.28. The van der Waals surface area contributed by atoms with E-state index in [1.54, 1.807) is 0 Å². The summed E-state index contributed by atoms with van der Waals surface area (Å²) >= 11 is 11.6. The Kier molecular flexibility index (Phi) is 4.86. The van der Waals surface area contributed by atoms with Gasteiger partial charge >= 0.3 is 0 Å². The lowest BCUT2D eigenvalue weighted by molar-refractivity contribution is -0.403. The molecule has 0 aliphatic rings. The number of nitrogens with one attached hydrogen (secondary N) is 1. The summed E-state index contributed by atoms with van der Waals surface area (Å²) in [6.45, 7) is 0. The number of hydrogen-bond donors (Lipinski definition) is 1. The van der Waals surface area contributed by atoms with Crippen molar-refractivity contribution in [2.45, 2.75) is 0 Å². The van der Waals surface area contributed by atoms with Crippen LogP contribution in [0.25, 0.3) is 0 Å². The summed E-state index contributed by atoms with van der Waals surface area (Å²) in [6, 6.07) is 5.24. The van der Waals surface area contributed by atoms with Crippen LogP contribution in [0.3, 0.4) is 0 Å². The van der Waals surface area contributed by atoms with E-state index in [0.29, 0.717) is 17.2 Å². The number of nitrogens with zero attached hydrogens (tertiary/aromatic N) is 2. The summed E-state index contributed by atoms with van der Waals surface area (Å²) < 4.78 is 0. The molecule has 9 nitrogen and oxygen atoms in total. The lowest BCUT2D eigenvalue weighted by Gasteiger charge is -2.14. The van der Waals surface area contributed by atoms with E-state index >= 15 is 0 Å². The Morgan fingerprint density at radius 1 is 1.04 bits per heavy atom. The highest BCUT2D eigenvalue weighted by atomic mass is 35.5. The van der Waals surface area contributed by atoms with Gasteiger partial charge in [-0.25, -0.2) is 0 Å². The Hall–Kier alpha value is -2.91. The van der Waals surface area contributed by atoms with Crippen molar-refractivity contribution in [1.29, 1.82) is 0 Å². The van der Waals surface area contributed by atoms with E-state index in [-0.39, 0.29) is 10.7 Å². The van der Waals surface area contributed by atoms with Crippen molar-refractivity contribution < 1.29 is 19.7 Å². The summed E-state index contributed by atoms with van der Waals surface area (Å²) in [5, 5.41) is 36.2. The zero-order valence-corrected chi connectivity index (χ0v) is 13.0. The topological polar surface area (TPSA) is 138 Å². The van der Waals surface area contributed by atoms with E-state index in [2.05, 4.69) is 5.32 Å². The molecule has 1 amide bonds. The first-order chi connectivity index (χ1) is 11.2. The Labute approximate surface area is 143 Å². The third-order valence-corrected chi connectivity index (χ3v) is 3.43. The van der Waals surface area contributed by atoms with Crippen LogP contribution in [0.1, 0.15) is 10.4 Å². The van der Waals surface area contributed by atoms with Gasteiger partial charge in [-0.2, -0.15) is 0 Å². The molecule has 2 aromatic rings. The highest BCUT2D eigenvalue weighted by Gasteiger charge is 2.22. The van der Waals surface area contributed by atoms with Crippen molar-refractivity contribution >= 4 is 46.2 Å². The maximum absolute atomic E-state index is 12.2. The van der Waals surface area contributed by atoms with Crippen molar-refractivity contribution in [3.8, 4) is 5.75 Å². The van der Waals surface area contributed by atoms with Crippen molar-refractivity contribution in [2.24, 2.45) is 0 Å². The lowest BCUT2D eigenvalue weighted by Crippen LogP contribution is -2.16. The van der Waals surface area contributed by atoms with Crippen LogP contribution in [-0.4, -0.2) is 15.8 Å². The number of halogens is 2. The van der Waals surface area contributed by atoms with Crippen LogP contribution in [-0.2, 0) is 0 Å². The van der Waals surface area contributed by atoms with Crippen molar-refractivity contribution in [1.82, 2.24) is 0 Å². The summed E-state index contributed by atoms with van der Waals surface area (Å²) in [6.07, 6.45) is 0. The normalized spacial score (nSPS) is 10.2. The van der Waals surface area contributed by atoms with E-state index in [1.165, 1.54) is 18.2 Å². The molecule has 24 heavy (non-hydrogen) atoms. The first-order valence-electron chi connectivity index (χ1n) is 6.11. The standard InChI is InChI=1S/C13H7Cl2N3O6/c14-6-1-2-10(9(15)3-6)16-13(20)8-4-7(17(21)22)5-11(12(8)19)18(23)24/h1-5,19H,(H,16,20)/p-1. The molecule has 0 saturated carbocycles. The Balaban J connectivity index is 2.48. The summed E-state index contributed by atoms with van der Waals surface area (Å²) in [4.78, 5) is 31.8. The number of carbonyl (C=O) groups excluding carboxylic acids is 1. The third-order valence-electron chi connectivity index (χ3n) is 2.89. The number of nitro benzene ring substituents is 2. The number of non-ortho nitro benzene ring substituents is 1. The SMILES string of the molecule is O=C(Nc1ccc(Cl)cc1Cl)c1cc([N+](=O)[O-])cc([N+](=O)[O-])c1[O-]. The molecule has 124 valence electrons. The highest BCUT2D eigenvalue weighted by Crippen LogP contribution is 2.33. The number of amides is 1. The molecule has 2 aromatic carbocycles. The molecular weight excluding hydrogens is 365 g/mol. The monoisotopic (exact) mass is 370 g/mol. The maximum atomic E-state index is 12.2. The fourth-order valence-corrected chi connectivity index (χ4v) is 2.24. The van der Waals surface area contributed by atoms with E-state index < -0.39 is 38.4 Å². The van der Waals surface area contributed by atoms with E-state index in [0.717, 1.165) is 0 Å². The smallest absolute Gasteiger partial charge is 0.277 e. The molecule has 0 aliphatic carbocycles. The number of nitro groups is 2. The predicted molar refractivity (Wildman–Crippen MR) is 83.6 cm³/mol. The van der Waals surface area contributed by atoms with Gasteiger partial charge in [0.2, 0.25) is 0 Å². The van der Waals surface area contributed by atoms with E-state index in [1.807, 2.05) is 0 Å². The van der Waals surface area contributed by atoms with Crippen LogP contribution in [0.5, 0.6) is 5.75 Å². The van der Waals surface area contributed by atoms with Crippen LogP contribution in [0.15, 0.2) is 30.3 Å². The van der Waals surface area contributed by atoms with Crippen molar-refractivity contribution in [2.75, 3.05) is 5.32 Å². The zero-order valence-electron chi connectivity index (χ0n) is 11.5. The van der Waals surface area contributed by atoms with E-state index in [9.17, 15) is 30.1 Å². The van der Waals surface area contributed by atoms with Crippen molar-refractivity contribution in [3.05, 3.63) is 66.2 Å². The number of carbonyl (C=O) groups is 1. The van der Waals surface area contributed by atoms with Gasteiger partial charge in [-0.15, -0.1) is 0 Å². The summed E-state index contributed by atoms with van der Waals surface area (Å²) in [5.41, 5.74) is -2.49. The van der Waals surface area contributed by atoms with E-state index in [4.69, 9.17) is 23.2 Å². The second-order valence-electron chi connectivity index (χ2n) is 4.43. The number of rotatable bonds is 4. The first-order valence-corrected chi connectivity index (χ1v) is 6.86. The number of anilines is 1. The lowest BCUT2D eigenvalue weighted by atomic mass is 10.1. The first kappa shape index (κ1) is 17.4. The molecule has 0 bridgehead atoms. The molecule has 0 atom stereocenters. The Morgan fingerprint density at radius 3 is 2.25 bits per heavy atom. The Bertz CT molecular complexity index is 871. The molecule has 11 heteroatoms. The molecule has 1 N–H and O–H groups in total. The minimum atomic E-state index is -1.24. The maximum Gasteiger partial charge on any atom is 0.277 e. The van der Waals surface area contributed by atoms with Gasteiger partial charge in [-0.3, -0.25) is 25.0 Å². The molecule has 0 aromatic heterocycles. The van der Waals surface area contributed by atoms with Crippen LogP contribution < -0.4 is 10.4 Å². The molecule has 0 heterocycles. The molecule has 2 rings (SSSR count). The van der Waals surface area contributed by atoms with Gasteiger partial charge in [0, 0.05) is 16.7 Å². The van der Waals surface area contributed by atoms with Gasteiger partial charge < -0.3 is 10.4 Å². The van der Waals surface area contributed by atoms with Crippen LogP contribution in [0.2, 0.25) is 10.0 Å². The van der Waals surface area contributed by atoms with Crippen LogP contribution in [0, 0.1) is 20.2 Å². The Morgan fingerprint density at radius 2 is 1.71 bits per heavy atom. The fraction of sp³-hybridized carbons (Fsp3) is 0. The van der Waals surface area contributed by atoms with Gasteiger partial charge in [-0.1, -0.05) is 23.2 Å². The molecule has 0 fully saturated rings. The van der Waals surface area contributed by atoms with Crippen molar-refractivity contribution in [3.63, 3.8) is 0 Å². The molecule has 0 aliphatic heterocycles. The molecule has 0 unspecified atom stereocenters. The quantitative estimate of drug-likeness (QED) is 0.647. The number of hydrogen-bond acceptors (Lipinski definition) is 6. The molecule has 0 radical (unpaired) electrons. The molecule has 0 saturated heterocycles. The molecular formula is C13H6Cl2N3O6-. The largest absolute Gasteiger partial charge is 0.867 e. The zero-order chi connectivity index (χ0) is 18.0. The average Bonchev–Trinajstić information content (AvgIpc) is 2.49. The van der Waals surface area contributed by atoms with Gasteiger partial charge in [0.05, 0.1) is 26.6 Å². The summed E-state index contributed by atoms with van der Waals surface area (Å²) in [5.74, 6) is -2.32. The van der Waals surface area contributed by atoms with Gasteiger partial charge in [-0.05, 0) is 23.9 Å².